The minimum atomic E-state index is 0.443. The van der Waals surface area contributed by atoms with E-state index in [0.717, 1.165) is 23.0 Å². The molecule has 1 aromatic rings. The molecule has 1 aliphatic rings. The summed E-state index contributed by atoms with van der Waals surface area (Å²) in [6.45, 7) is 0. The maximum atomic E-state index is 8.99. The van der Waals surface area contributed by atoms with Crippen LogP contribution in [0.2, 0.25) is 0 Å². The molecule has 0 bridgehead atoms. The number of hydrogen-bond acceptors (Lipinski definition) is 2. The van der Waals surface area contributed by atoms with Gasteiger partial charge in [-0.25, -0.2) is 0 Å². The van der Waals surface area contributed by atoms with Gasteiger partial charge >= 0.3 is 0 Å². The molecule has 0 saturated heterocycles. The Bertz CT molecular complexity index is 424. The first-order valence-corrected chi connectivity index (χ1v) is 5.70. The topological polar surface area (TPSA) is 35.8 Å². The molecule has 2 rings (SSSR count). The molecule has 0 radical (unpaired) electrons. The molecule has 1 aromatic carbocycles. The second kappa shape index (κ2) is 4.50. The molecule has 1 N–H and O–H groups in total. The van der Waals surface area contributed by atoms with Crippen molar-refractivity contribution in [3.05, 3.63) is 40.4 Å². The average molecular weight is 263 g/mol. The van der Waals surface area contributed by atoms with Gasteiger partial charge in [-0.2, -0.15) is 5.26 Å². The van der Waals surface area contributed by atoms with Crippen LogP contribution in [0.3, 0.4) is 0 Å². The monoisotopic (exact) mass is 262 g/mol. The van der Waals surface area contributed by atoms with E-state index in [0.29, 0.717) is 11.6 Å². The summed E-state index contributed by atoms with van der Waals surface area (Å²) >= 11 is 3.36. The van der Waals surface area contributed by atoms with E-state index in [1.807, 2.05) is 18.2 Å². The fraction of sp³-hybridized carbons (Fsp3) is 0.250. The average Bonchev–Trinajstić information content (AvgIpc) is 2.73. The van der Waals surface area contributed by atoms with Gasteiger partial charge in [-0.15, -0.1) is 0 Å². The van der Waals surface area contributed by atoms with Crippen LogP contribution >= 0.6 is 15.9 Å². The summed E-state index contributed by atoms with van der Waals surface area (Å²) in [4.78, 5) is 0. The van der Waals surface area contributed by atoms with E-state index < -0.39 is 0 Å². The molecule has 0 spiro atoms. The summed E-state index contributed by atoms with van der Waals surface area (Å²) in [5.74, 6) is 0. The zero-order chi connectivity index (χ0) is 10.7. The lowest BCUT2D eigenvalue weighted by Gasteiger charge is -2.14. The standard InChI is InChI=1S/C12H11BrN2/c13-10-5-6-12(9(7-10)8-14)15-11-3-1-2-4-11/h1-2,5-7,11,15H,3-4H2. The first-order chi connectivity index (χ1) is 7.29. The van der Waals surface area contributed by atoms with E-state index in [1.165, 1.54) is 0 Å². The Morgan fingerprint density at radius 1 is 1.33 bits per heavy atom. The fourth-order valence-electron chi connectivity index (χ4n) is 1.69. The summed E-state index contributed by atoms with van der Waals surface area (Å²) in [6.07, 6.45) is 6.42. The van der Waals surface area contributed by atoms with Crippen molar-refractivity contribution >= 4 is 21.6 Å². The molecule has 0 fully saturated rings. The molecule has 76 valence electrons. The van der Waals surface area contributed by atoms with Gasteiger partial charge in [0.25, 0.3) is 0 Å². The first-order valence-electron chi connectivity index (χ1n) is 4.91. The Balaban J connectivity index is 2.17. The van der Waals surface area contributed by atoms with Crippen LogP contribution in [0.1, 0.15) is 18.4 Å². The molecule has 0 saturated carbocycles. The second-order valence-corrected chi connectivity index (χ2v) is 4.50. The largest absolute Gasteiger partial charge is 0.381 e. The number of nitrogens with one attached hydrogen (secondary N) is 1. The van der Waals surface area contributed by atoms with Crippen molar-refractivity contribution in [2.24, 2.45) is 0 Å². The first kappa shape index (κ1) is 10.3. The van der Waals surface area contributed by atoms with Crippen molar-refractivity contribution in [3.63, 3.8) is 0 Å². The van der Waals surface area contributed by atoms with E-state index in [2.05, 4.69) is 39.5 Å². The Morgan fingerprint density at radius 2 is 2.07 bits per heavy atom. The molecule has 0 unspecified atom stereocenters. The third-order valence-corrected chi connectivity index (χ3v) is 2.96. The highest BCUT2D eigenvalue weighted by Gasteiger charge is 2.11. The van der Waals surface area contributed by atoms with Gasteiger partial charge in [-0.05, 0) is 31.0 Å². The van der Waals surface area contributed by atoms with E-state index in [-0.39, 0.29) is 0 Å². The second-order valence-electron chi connectivity index (χ2n) is 3.59. The molecular formula is C12H11BrN2. The Hall–Kier alpha value is -1.27. The summed E-state index contributed by atoms with van der Waals surface area (Å²) in [6, 6.07) is 8.37. The number of halogens is 1. The normalized spacial score (nSPS) is 15.2. The van der Waals surface area contributed by atoms with Crippen molar-refractivity contribution in [2.45, 2.75) is 18.9 Å². The van der Waals surface area contributed by atoms with E-state index in [4.69, 9.17) is 5.26 Å². The molecule has 0 amide bonds. The Labute approximate surface area is 97.7 Å². The van der Waals surface area contributed by atoms with Crippen molar-refractivity contribution in [1.82, 2.24) is 0 Å². The van der Waals surface area contributed by atoms with Crippen LogP contribution in [-0.4, -0.2) is 6.04 Å². The Morgan fingerprint density at radius 3 is 2.73 bits per heavy atom. The highest BCUT2D eigenvalue weighted by Crippen LogP contribution is 2.23. The lowest BCUT2D eigenvalue weighted by molar-refractivity contribution is 0.786. The molecule has 0 heterocycles. The van der Waals surface area contributed by atoms with Crippen molar-refractivity contribution in [3.8, 4) is 6.07 Å². The molecule has 0 aliphatic heterocycles. The van der Waals surface area contributed by atoms with Crippen LogP contribution in [-0.2, 0) is 0 Å². The third-order valence-electron chi connectivity index (χ3n) is 2.47. The van der Waals surface area contributed by atoms with Gasteiger partial charge < -0.3 is 5.32 Å². The zero-order valence-corrected chi connectivity index (χ0v) is 9.79. The molecule has 3 heteroatoms. The maximum absolute atomic E-state index is 8.99. The van der Waals surface area contributed by atoms with Gasteiger partial charge in [0, 0.05) is 10.5 Å². The lowest BCUT2D eigenvalue weighted by Crippen LogP contribution is -2.15. The maximum Gasteiger partial charge on any atom is 0.101 e. The van der Waals surface area contributed by atoms with Crippen molar-refractivity contribution < 1.29 is 0 Å². The highest BCUT2D eigenvalue weighted by molar-refractivity contribution is 9.10. The molecule has 0 atom stereocenters. The lowest BCUT2D eigenvalue weighted by atomic mass is 10.1. The van der Waals surface area contributed by atoms with Gasteiger partial charge in [0.05, 0.1) is 11.3 Å². The van der Waals surface area contributed by atoms with Crippen LogP contribution in [0.5, 0.6) is 0 Å². The number of rotatable bonds is 2. The smallest absolute Gasteiger partial charge is 0.101 e. The van der Waals surface area contributed by atoms with Crippen LogP contribution in [0, 0.1) is 11.3 Å². The van der Waals surface area contributed by atoms with Crippen LogP contribution in [0.4, 0.5) is 5.69 Å². The van der Waals surface area contributed by atoms with Crippen LogP contribution in [0.25, 0.3) is 0 Å². The van der Waals surface area contributed by atoms with Crippen molar-refractivity contribution in [2.75, 3.05) is 5.32 Å². The summed E-state index contributed by atoms with van der Waals surface area (Å²) < 4.78 is 0.939. The molecular weight excluding hydrogens is 252 g/mol. The van der Waals surface area contributed by atoms with E-state index in [9.17, 15) is 0 Å². The minimum absolute atomic E-state index is 0.443. The fourth-order valence-corrected chi connectivity index (χ4v) is 2.05. The van der Waals surface area contributed by atoms with Gasteiger partial charge in [0.15, 0.2) is 0 Å². The molecule has 15 heavy (non-hydrogen) atoms. The summed E-state index contributed by atoms with van der Waals surface area (Å²) in [5, 5.41) is 12.4. The number of anilines is 1. The van der Waals surface area contributed by atoms with Gasteiger partial charge in [0.2, 0.25) is 0 Å². The predicted molar refractivity (Wildman–Crippen MR) is 64.6 cm³/mol. The highest BCUT2D eigenvalue weighted by atomic mass is 79.9. The zero-order valence-electron chi connectivity index (χ0n) is 8.20. The summed E-state index contributed by atoms with van der Waals surface area (Å²) in [5.41, 5.74) is 1.62. The van der Waals surface area contributed by atoms with Gasteiger partial charge in [-0.3, -0.25) is 0 Å². The number of hydrogen-bond donors (Lipinski definition) is 1. The van der Waals surface area contributed by atoms with Gasteiger partial charge in [0.1, 0.15) is 6.07 Å². The van der Waals surface area contributed by atoms with E-state index >= 15 is 0 Å². The molecule has 2 nitrogen and oxygen atoms in total. The third kappa shape index (κ3) is 2.40. The number of nitriles is 1. The van der Waals surface area contributed by atoms with E-state index in [1.54, 1.807) is 0 Å². The minimum Gasteiger partial charge on any atom is -0.381 e. The quantitative estimate of drug-likeness (QED) is 0.829. The Kier molecular flexibility index (Phi) is 3.08. The van der Waals surface area contributed by atoms with Crippen molar-refractivity contribution in [1.29, 1.82) is 5.26 Å². The van der Waals surface area contributed by atoms with Crippen LogP contribution in [0.15, 0.2) is 34.8 Å². The van der Waals surface area contributed by atoms with Crippen LogP contribution < -0.4 is 5.32 Å². The predicted octanol–water partition coefficient (Wildman–Crippen LogP) is 3.45. The molecule has 1 aliphatic carbocycles. The van der Waals surface area contributed by atoms with Gasteiger partial charge in [-0.1, -0.05) is 28.1 Å². The SMILES string of the molecule is N#Cc1cc(Br)ccc1NC1CC=CC1. The number of benzene rings is 1. The number of nitrogens with zero attached hydrogens (tertiary/aromatic N) is 1. The molecule has 0 aromatic heterocycles. The summed E-state index contributed by atoms with van der Waals surface area (Å²) in [7, 11) is 0.